The van der Waals surface area contributed by atoms with Gasteiger partial charge in [-0.2, -0.15) is 0 Å². The van der Waals surface area contributed by atoms with E-state index in [-0.39, 0.29) is 0 Å². The molecule has 0 fully saturated rings. The van der Waals surface area contributed by atoms with Crippen molar-refractivity contribution in [2.75, 3.05) is 20.0 Å². The predicted octanol–water partition coefficient (Wildman–Crippen LogP) is 2.33. The number of nitrogens with two attached hydrogens (primary N) is 1. The van der Waals surface area contributed by atoms with Crippen LogP contribution in [0.1, 0.15) is 10.4 Å². The lowest BCUT2D eigenvalue weighted by atomic mass is 10.1. The van der Waals surface area contributed by atoms with Crippen LogP contribution in [0.4, 0.5) is 5.13 Å². The molecular formula is C12H14N2O2S. The molecule has 0 saturated carbocycles. The zero-order valence-electron chi connectivity index (χ0n) is 9.77. The first kappa shape index (κ1) is 11.7. The van der Waals surface area contributed by atoms with Gasteiger partial charge in [-0.25, -0.2) is 4.98 Å². The highest BCUT2D eigenvalue weighted by Crippen LogP contribution is 2.29. The number of aromatic nitrogens is 1. The van der Waals surface area contributed by atoms with E-state index in [9.17, 15) is 0 Å². The van der Waals surface area contributed by atoms with E-state index in [1.807, 2.05) is 18.2 Å². The van der Waals surface area contributed by atoms with Gasteiger partial charge in [-0.3, -0.25) is 0 Å². The van der Waals surface area contributed by atoms with Crippen LogP contribution in [-0.2, 0) is 6.42 Å². The zero-order chi connectivity index (χ0) is 12.3. The van der Waals surface area contributed by atoms with Gasteiger partial charge in [-0.15, -0.1) is 11.3 Å². The molecule has 1 aromatic heterocycles. The van der Waals surface area contributed by atoms with Gasteiger partial charge in [-0.05, 0) is 17.7 Å². The van der Waals surface area contributed by atoms with Crippen LogP contribution in [-0.4, -0.2) is 19.2 Å². The van der Waals surface area contributed by atoms with E-state index < -0.39 is 0 Å². The minimum absolute atomic E-state index is 0.598. The number of methoxy groups -OCH3 is 2. The molecule has 0 aliphatic carbocycles. The number of hydrogen-bond donors (Lipinski definition) is 1. The topological polar surface area (TPSA) is 57.4 Å². The van der Waals surface area contributed by atoms with Gasteiger partial charge in [-0.1, -0.05) is 6.07 Å². The first-order chi connectivity index (χ1) is 8.22. The Labute approximate surface area is 104 Å². The van der Waals surface area contributed by atoms with E-state index in [0.29, 0.717) is 5.13 Å². The van der Waals surface area contributed by atoms with E-state index in [1.54, 1.807) is 20.4 Å². The van der Waals surface area contributed by atoms with Crippen molar-refractivity contribution in [3.63, 3.8) is 0 Å². The van der Waals surface area contributed by atoms with E-state index in [4.69, 9.17) is 15.2 Å². The van der Waals surface area contributed by atoms with Gasteiger partial charge < -0.3 is 15.2 Å². The van der Waals surface area contributed by atoms with Crippen LogP contribution in [0.5, 0.6) is 11.5 Å². The highest BCUT2D eigenvalue weighted by molar-refractivity contribution is 7.15. The fourth-order valence-corrected chi connectivity index (χ4v) is 2.31. The Morgan fingerprint density at radius 3 is 2.59 bits per heavy atom. The molecule has 0 aliphatic rings. The first-order valence-corrected chi connectivity index (χ1v) is 5.95. The SMILES string of the molecule is COc1ccc(Cc2cnc(N)s2)cc1OC. The summed E-state index contributed by atoms with van der Waals surface area (Å²) < 4.78 is 10.4. The molecular weight excluding hydrogens is 236 g/mol. The smallest absolute Gasteiger partial charge is 0.180 e. The standard InChI is InChI=1S/C12H14N2O2S/c1-15-10-4-3-8(6-11(10)16-2)5-9-7-14-12(13)17-9/h3-4,6-7H,5H2,1-2H3,(H2,13,14). The third-order valence-electron chi connectivity index (χ3n) is 2.40. The summed E-state index contributed by atoms with van der Waals surface area (Å²) in [4.78, 5) is 5.16. The fourth-order valence-electron chi connectivity index (χ4n) is 1.60. The van der Waals surface area contributed by atoms with Gasteiger partial charge in [0, 0.05) is 17.5 Å². The third kappa shape index (κ3) is 2.68. The number of hydrogen-bond acceptors (Lipinski definition) is 5. The van der Waals surface area contributed by atoms with Crippen LogP contribution in [0.15, 0.2) is 24.4 Å². The summed E-state index contributed by atoms with van der Waals surface area (Å²) in [6.45, 7) is 0. The Morgan fingerprint density at radius 1 is 1.24 bits per heavy atom. The Balaban J connectivity index is 2.22. The maximum absolute atomic E-state index is 5.60. The molecule has 90 valence electrons. The molecule has 0 amide bonds. The summed E-state index contributed by atoms with van der Waals surface area (Å²) in [5.74, 6) is 1.47. The Kier molecular flexibility index (Phi) is 3.49. The van der Waals surface area contributed by atoms with Gasteiger partial charge in [0.05, 0.1) is 14.2 Å². The summed E-state index contributed by atoms with van der Waals surface area (Å²) in [6, 6.07) is 5.88. The fraction of sp³-hybridized carbons (Fsp3) is 0.250. The Hall–Kier alpha value is -1.75. The molecule has 0 radical (unpaired) electrons. The van der Waals surface area contributed by atoms with Gasteiger partial charge in [0.25, 0.3) is 0 Å². The summed E-state index contributed by atoms with van der Waals surface area (Å²) in [5.41, 5.74) is 6.74. The van der Waals surface area contributed by atoms with Gasteiger partial charge in [0.15, 0.2) is 16.6 Å². The molecule has 4 nitrogen and oxygen atoms in total. The van der Waals surface area contributed by atoms with Crippen molar-refractivity contribution in [3.05, 3.63) is 34.8 Å². The third-order valence-corrected chi connectivity index (χ3v) is 3.22. The van der Waals surface area contributed by atoms with Crippen molar-refractivity contribution in [1.29, 1.82) is 0 Å². The average Bonchev–Trinajstić information content (AvgIpc) is 2.74. The first-order valence-electron chi connectivity index (χ1n) is 5.14. The van der Waals surface area contributed by atoms with E-state index in [2.05, 4.69) is 4.98 Å². The lowest BCUT2D eigenvalue weighted by molar-refractivity contribution is 0.354. The molecule has 0 atom stereocenters. The van der Waals surface area contributed by atoms with Gasteiger partial charge in [0.1, 0.15) is 0 Å². The van der Waals surface area contributed by atoms with Gasteiger partial charge >= 0.3 is 0 Å². The quantitative estimate of drug-likeness (QED) is 0.904. The molecule has 0 saturated heterocycles. The van der Waals surface area contributed by atoms with Crippen LogP contribution >= 0.6 is 11.3 Å². The van der Waals surface area contributed by atoms with Crippen LogP contribution in [0, 0.1) is 0 Å². The molecule has 0 bridgehead atoms. The van der Waals surface area contributed by atoms with Crippen molar-refractivity contribution < 1.29 is 9.47 Å². The number of benzene rings is 1. The van der Waals surface area contributed by atoms with E-state index >= 15 is 0 Å². The maximum Gasteiger partial charge on any atom is 0.180 e. The van der Waals surface area contributed by atoms with Crippen LogP contribution in [0.25, 0.3) is 0 Å². The minimum Gasteiger partial charge on any atom is -0.493 e. The van der Waals surface area contributed by atoms with Crippen molar-refractivity contribution in [1.82, 2.24) is 4.98 Å². The molecule has 5 heteroatoms. The second kappa shape index (κ2) is 5.05. The Morgan fingerprint density at radius 2 is 2.00 bits per heavy atom. The number of rotatable bonds is 4. The number of anilines is 1. The van der Waals surface area contributed by atoms with E-state index in [0.717, 1.165) is 28.4 Å². The molecule has 0 aliphatic heterocycles. The molecule has 0 spiro atoms. The lowest BCUT2D eigenvalue weighted by Gasteiger charge is -2.08. The summed E-state index contributed by atoms with van der Waals surface area (Å²) in [6.07, 6.45) is 2.60. The zero-order valence-corrected chi connectivity index (χ0v) is 10.6. The lowest BCUT2D eigenvalue weighted by Crippen LogP contribution is -1.92. The summed E-state index contributed by atoms with van der Waals surface area (Å²) in [5, 5.41) is 0.598. The molecule has 2 N–H and O–H groups in total. The van der Waals surface area contributed by atoms with E-state index in [1.165, 1.54) is 11.3 Å². The largest absolute Gasteiger partial charge is 0.493 e. The summed E-state index contributed by atoms with van der Waals surface area (Å²) >= 11 is 1.50. The number of nitrogen functional groups attached to an aromatic ring is 1. The van der Waals surface area contributed by atoms with Gasteiger partial charge in [0.2, 0.25) is 0 Å². The highest BCUT2D eigenvalue weighted by Gasteiger charge is 2.06. The predicted molar refractivity (Wildman–Crippen MR) is 68.9 cm³/mol. The number of thiazole rings is 1. The normalized spacial score (nSPS) is 10.2. The monoisotopic (exact) mass is 250 g/mol. The molecule has 17 heavy (non-hydrogen) atoms. The molecule has 2 aromatic rings. The molecule has 0 unspecified atom stereocenters. The maximum atomic E-state index is 5.60. The van der Waals surface area contributed by atoms with Crippen LogP contribution in [0.2, 0.25) is 0 Å². The summed E-state index contributed by atoms with van der Waals surface area (Å²) in [7, 11) is 3.26. The average molecular weight is 250 g/mol. The molecule has 1 heterocycles. The second-order valence-corrected chi connectivity index (χ2v) is 4.68. The Bertz CT molecular complexity index is 511. The van der Waals surface area contributed by atoms with Crippen LogP contribution in [0.3, 0.4) is 0 Å². The molecule has 1 aromatic carbocycles. The molecule has 2 rings (SSSR count). The number of ether oxygens (including phenoxy) is 2. The second-order valence-electron chi connectivity index (χ2n) is 3.53. The van der Waals surface area contributed by atoms with Crippen molar-refractivity contribution in [2.24, 2.45) is 0 Å². The van der Waals surface area contributed by atoms with Crippen molar-refractivity contribution >= 4 is 16.5 Å². The highest BCUT2D eigenvalue weighted by atomic mass is 32.1. The van der Waals surface area contributed by atoms with Crippen molar-refractivity contribution in [3.8, 4) is 11.5 Å². The van der Waals surface area contributed by atoms with Crippen molar-refractivity contribution in [2.45, 2.75) is 6.42 Å². The minimum atomic E-state index is 0.598. The number of nitrogens with zero attached hydrogens (tertiary/aromatic N) is 1. The van der Waals surface area contributed by atoms with Crippen LogP contribution < -0.4 is 15.2 Å².